The third kappa shape index (κ3) is 2.54. The number of carbonyl (C=O) groups is 1. The van der Waals surface area contributed by atoms with E-state index in [1.165, 1.54) is 0 Å². The monoisotopic (exact) mass is 235 g/mol. The lowest BCUT2D eigenvalue weighted by molar-refractivity contribution is 0.0471. The maximum Gasteiger partial charge on any atom is 0.369 e. The minimum absolute atomic E-state index is 0.174. The van der Waals surface area contributed by atoms with Crippen LogP contribution >= 0.6 is 11.3 Å². The molecule has 1 aromatic carbocycles. The minimum Gasteiger partial charge on any atom is -0.455 e. The SMILES string of the molecule is Nc1nnc(C(=O)OCc2ccccc2)s1. The fraction of sp³-hybridized carbons (Fsp3) is 0.100. The van der Waals surface area contributed by atoms with Gasteiger partial charge >= 0.3 is 5.97 Å². The van der Waals surface area contributed by atoms with Crippen LogP contribution in [0.1, 0.15) is 15.4 Å². The van der Waals surface area contributed by atoms with E-state index in [0.29, 0.717) is 0 Å². The second kappa shape index (κ2) is 4.71. The van der Waals surface area contributed by atoms with Crippen LogP contribution in [0, 0.1) is 0 Å². The van der Waals surface area contributed by atoms with E-state index in [1.807, 2.05) is 30.3 Å². The van der Waals surface area contributed by atoms with Crippen molar-refractivity contribution in [3.63, 3.8) is 0 Å². The number of nitrogens with zero attached hydrogens (tertiary/aromatic N) is 2. The summed E-state index contributed by atoms with van der Waals surface area (Å²) in [5.74, 6) is -0.502. The number of anilines is 1. The van der Waals surface area contributed by atoms with Crippen LogP contribution in [0.5, 0.6) is 0 Å². The highest BCUT2D eigenvalue weighted by Crippen LogP contribution is 2.12. The number of hydrogen-bond acceptors (Lipinski definition) is 6. The highest BCUT2D eigenvalue weighted by Gasteiger charge is 2.12. The van der Waals surface area contributed by atoms with Gasteiger partial charge in [0.05, 0.1) is 0 Å². The summed E-state index contributed by atoms with van der Waals surface area (Å²) in [4.78, 5) is 11.5. The topological polar surface area (TPSA) is 78.1 Å². The number of hydrogen-bond donors (Lipinski definition) is 1. The van der Waals surface area contributed by atoms with E-state index < -0.39 is 5.97 Å². The molecule has 6 heteroatoms. The second-order valence-corrected chi connectivity index (χ2v) is 4.02. The third-order valence-electron chi connectivity index (χ3n) is 1.83. The molecule has 0 bridgehead atoms. The van der Waals surface area contributed by atoms with Gasteiger partial charge in [-0.15, -0.1) is 10.2 Å². The average molecular weight is 235 g/mol. The zero-order valence-corrected chi connectivity index (χ0v) is 9.11. The van der Waals surface area contributed by atoms with Crippen LogP contribution in [0.2, 0.25) is 0 Å². The molecule has 0 saturated heterocycles. The number of benzene rings is 1. The van der Waals surface area contributed by atoms with E-state index in [4.69, 9.17) is 10.5 Å². The van der Waals surface area contributed by atoms with Crippen molar-refractivity contribution in [2.45, 2.75) is 6.61 Å². The largest absolute Gasteiger partial charge is 0.455 e. The number of rotatable bonds is 3. The van der Waals surface area contributed by atoms with E-state index in [2.05, 4.69) is 10.2 Å². The van der Waals surface area contributed by atoms with Crippen molar-refractivity contribution in [3.05, 3.63) is 40.9 Å². The van der Waals surface area contributed by atoms with Crippen LogP contribution in [-0.4, -0.2) is 16.2 Å². The first-order chi connectivity index (χ1) is 7.75. The average Bonchev–Trinajstić information content (AvgIpc) is 2.74. The maximum atomic E-state index is 11.5. The Hall–Kier alpha value is -1.95. The fourth-order valence-electron chi connectivity index (χ4n) is 1.10. The summed E-state index contributed by atoms with van der Waals surface area (Å²) in [6.45, 7) is 0.221. The Morgan fingerprint density at radius 3 is 2.69 bits per heavy atom. The van der Waals surface area contributed by atoms with Crippen molar-refractivity contribution in [2.24, 2.45) is 0 Å². The van der Waals surface area contributed by atoms with Crippen molar-refractivity contribution in [2.75, 3.05) is 5.73 Å². The van der Waals surface area contributed by atoms with Gasteiger partial charge in [-0.1, -0.05) is 41.7 Å². The van der Waals surface area contributed by atoms with E-state index >= 15 is 0 Å². The number of aromatic nitrogens is 2. The lowest BCUT2D eigenvalue weighted by atomic mass is 10.2. The molecule has 0 atom stereocenters. The van der Waals surface area contributed by atoms with Crippen LogP contribution in [0.3, 0.4) is 0 Å². The molecule has 2 aromatic rings. The van der Waals surface area contributed by atoms with E-state index in [1.54, 1.807) is 0 Å². The predicted octanol–water partition coefficient (Wildman–Crippen LogP) is 1.48. The summed E-state index contributed by atoms with van der Waals surface area (Å²) < 4.78 is 5.04. The van der Waals surface area contributed by atoms with Gasteiger partial charge in [0.25, 0.3) is 0 Å². The van der Waals surface area contributed by atoms with Gasteiger partial charge in [0.15, 0.2) is 0 Å². The summed E-state index contributed by atoms with van der Waals surface area (Å²) in [5, 5.41) is 7.57. The van der Waals surface area contributed by atoms with Gasteiger partial charge in [0.2, 0.25) is 10.1 Å². The molecule has 0 fully saturated rings. The molecule has 16 heavy (non-hydrogen) atoms. The van der Waals surface area contributed by atoms with Crippen molar-refractivity contribution in [1.29, 1.82) is 0 Å². The number of carbonyl (C=O) groups excluding carboxylic acids is 1. The summed E-state index contributed by atoms with van der Waals surface area (Å²) in [6.07, 6.45) is 0. The molecule has 0 saturated carbocycles. The number of nitrogen functional groups attached to an aromatic ring is 1. The Balaban J connectivity index is 1.94. The first-order valence-electron chi connectivity index (χ1n) is 4.56. The summed E-state index contributed by atoms with van der Waals surface area (Å²) in [6, 6.07) is 9.42. The van der Waals surface area contributed by atoms with Gasteiger partial charge in [-0.2, -0.15) is 0 Å². The number of esters is 1. The first-order valence-corrected chi connectivity index (χ1v) is 5.37. The van der Waals surface area contributed by atoms with Crippen LogP contribution in [0.4, 0.5) is 5.13 Å². The minimum atomic E-state index is -0.502. The standard InChI is InChI=1S/C10H9N3O2S/c11-10-13-12-8(16-10)9(14)15-6-7-4-2-1-3-5-7/h1-5H,6H2,(H2,11,13). The molecule has 0 aliphatic heterocycles. The third-order valence-corrected chi connectivity index (χ3v) is 2.56. The van der Waals surface area contributed by atoms with Gasteiger partial charge in [-0.3, -0.25) is 0 Å². The Bertz CT molecular complexity index is 484. The molecule has 2 N–H and O–H groups in total. The molecular formula is C10H9N3O2S. The molecule has 2 rings (SSSR count). The molecule has 0 spiro atoms. The molecule has 0 amide bonds. The number of nitrogens with two attached hydrogens (primary N) is 1. The van der Waals surface area contributed by atoms with Crippen molar-refractivity contribution < 1.29 is 9.53 Å². The molecule has 1 heterocycles. The highest BCUT2D eigenvalue weighted by molar-refractivity contribution is 7.16. The predicted molar refractivity (Wildman–Crippen MR) is 59.9 cm³/mol. The summed E-state index contributed by atoms with van der Waals surface area (Å²) >= 11 is 1.01. The van der Waals surface area contributed by atoms with Crippen LogP contribution < -0.4 is 5.73 Å². The Morgan fingerprint density at radius 1 is 1.31 bits per heavy atom. The molecule has 0 aliphatic carbocycles. The van der Waals surface area contributed by atoms with E-state index in [0.717, 1.165) is 16.9 Å². The first kappa shape index (κ1) is 10.6. The molecule has 0 aliphatic rings. The molecule has 1 aromatic heterocycles. The van der Waals surface area contributed by atoms with Crippen LogP contribution in [0.25, 0.3) is 0 Å². The second-order valence-electron chi connectivity index (χ2n) is 3.01. The summed E-state index contributed by atoms with van der Waals surface area (Å²) in [7, 11) is 0. The molecule has 5 nitrogen and oxygen atoms in total. The molecular weight excluding hydrogens is 226 g/mol. The highest BCUT2D eigenvalue weighted by atomic mass is 32.1. The molecule has 82 valence electrons. The molecule has 0 radical (unpaired) electrons. The van der Waals surface area contributed by atoms with Gasteiger partial charge < -0.3 is 10.5 Å². The lowest BCUT2D eigenvalue weighted by Gasteiger charge is -2.01. The Morgan fingerprint density at radius 2 is 2.06 bits per heavy atom. The van der Waals surface area contributed by atoms with Crippen LogP contribution in [-0.2, 0) is 11.3 Å². The summed E-state index contributed by atoms with van der Waals surface area (Å²) in [5.41, 5.74) is 6.29. The van der Waals surface area contributed by atoms with Crippen molar-refractivity contribution in [3.8, 4) is 0 Å². The van der Waals surface area contributed by atoms with Gasteiger partial charge in [0, 0.05) is 0 Å². The smallest absolute Gasteiger partial charge is 0.369 e. The zero-order valence-electron chi connectivity index (χ0n) is 8.29. The molecule has 0 unspecified atom stereocenters. The normalized spacial score (nSPS) is 10.0. The maximum absolute atomic E-state index is 11.5. The van der Waals surface area contributed by atoms with Gasteiger partial charge in [0.1, 0.15) is 6.61 Å². The van der Waals surface area contributed by atoms with Gasteiger partial charge in [-0.05, 0) is 5.56 Å². The number of ether oxygens (including phenoxy) is 1. The Labute approximate surface area is 95.9 Å². The van der Waals surface area contributed by atoms with E-state index in [9.17, 15) is 4.79 Å². The van der Waals surface area contributed by atoms with Crippen LogP contribution in [0.15, 0.2) is 30.3 Å². The quantitative estimate of drug-likeness (QED) is 0.815. The van der Waals surface area contributed by atoms with Crippen molar-refractivity contribution in [1.82, 2.24) is 10.2 Å². The van der Waals surface area contributed by atoms with Gasteiger partial charge in [-0.25, -0.2) is 4.79 Å². The fourth-order valence-corrected chi connectivity index (χ4v) is 1.61. The Kier molecular flexibility index (Phi) is 3.11. The lowest BCUT2D eigenvalue weighted by Crippen LogP contribution is -2.04. The van der Waals surface area contributed by atoms with E-state index in [-0.39, 0.29) is 16.7 Å². The van der Waals surface area contributed by atoms with Crippen molar-refractivity contribution >= 4 is 22.4 Å². The zero-order chi connectivity index (χ0) is 11.4.